The van der Waals surface area contributed by atoms with Crippen LogP contribution in [0.5, 0.6) is 0 Å². The Morgan fingerprint density at radius 3 is 2.40 bits per heavy atom. The van der Waals surface area contributed by atoms with Gasteiger partial charge in [0.15, 0.2) is 0 Å². The molecular formula is C12H23NO2. The summed E-state index contributed by atoms with van der Waals surface area (Å²) < 4.78 is 0. The highest BCUT2D eigenvalue weighted by molar-refractivity contribution is 5.82. The van der Waals surface area contributed by atoms with Crippen molar-refractivity contribution >= 4 is 5.91 Å². The van der Waals surface area contributed by atoms with E-state index < -0.39 is 0 Å². The second-order valence-corrected chi connectivity index (χ2v) is 4.73. The molecule has 0 unspecified atom stereocenters. The predicted octanol–water partition coefficient (Wildman–Crippen LogP) is 1.80. The first kappa shape index (κ1) is 12.5. The average molecular weight is 213 g/mol. The number of aliphatic hydroxyl groups is 1. The molecule has 1 aliphatic rings. The minimum Gasteiger partial charge on any atom is -0.395 e. The van der Waals surface area contributed by atoms with Gasteiger partial charge in [-0.3, -0.25) is 4.79 Å². The van der Waals surface area contributed by atoms with Crippen molar-refractivity contribution in [3.8, 4) is 0 Å². The Balaban J connectivity index is 2.62. The van der Waals surface area contributed by atoms with Gasteiger partial charge in [0.2, 0.25) is 5.91 Å². The molecule has 1 amide bonds. The molecule has 0 aromatic rings. The Hall–Kier alpha value is -0.570. The molecule has 0 aromatic heterocycles. The second-order valence-electron chi connectivity index (χ2n) is 4.73. The van der Waals surface area contributed by atoms with Gasteiger partial charge in [0.05, 0.1) is 6.61 Å². The molecule has 3 nitrogen and oxygen atoms in total. The summed E-state index contributed by atoms with van der Waals surface area (Å²) in [6.07, 6.45) is 5.61. The van der Waals surface area contributed by atoms with Gasteiger partial charge in [0.25, 0.3) is 0 Å². The van der Waals surface area contributed by atoms with Crippen LogP contribution in [0.3, 0.4) is 0 Å². The van der Waals surface area contributed by atoms with Crippen molar-refractivity contribution in [1.29, 1.82) is 0 Å². The molecule has 0 saturated heterocycles. The fourth-order valence-electron chi connectivity index (χ4n) is 2.45. The molecule has 0 atom stereocenters. The van der Waals surface area contributed by atoms with E-state index in [1.807, 2.05) is 6.92 Å². The highest BCUT2D eigenvalue weighted by Gasteiger charge is 2.36. The van der Waals surface area contributed by atoms with Crippen LogP contribution in [0.1, 0.15) is 46.0 Å². The van der Waals surface area contributed by atoms with Crippen molar-refractivity contribution < 1.29 is 9.90 Å². The quantitative estimate of drug-likeness (QED) is 0.773. The summed E-state index contributed by atoms with van der Waals surface area (Å²) in [5, 5.41) is 8.91. The molecule has 0 bridgehead atoms. The van der Waals surface area contributed by atoms with Crippen LogP contribution in [0.4, 0.5) is 0 Å². The van der Waals surface area contributed by atoms with Crippen LogP contribution in [-0.2, 0) is 4.79 Å². The largest absolute Gasteiger partial charge is 0.395 e. The summed E-state index contributed by atoms with van der Waals surface area (Å²) in [5.74, 6) is 0.235. The Kier molecular flexibility index (Phi) is 4.58. The molecule has 1 fully saturated rings. The Morgan fingerprint density at radius 2 is 1.93 bits per heavy atom. The molecule has 0 aromatic carbocycles. The minimum atomic E-state index is -0.163. The van der Waals surface area contributed by atoms with E-state index >= 15 is 0 Å². The second kappa shape index (κ2) is 5.50. The smallest absolute Gasteiger partial charge is 0.228 e. The standard InChI is InChI=1S/C12H23NO2/c1-3-13(9-10-14)11(15)12(2)7-5-4-6-8-12/h14H,3-10H2,1-2H3. The first-order chi connectivity index (χ1) is 7.14. The van der Waals surface area contributed by atoms with Crippen LogP contribution in [0.2, 0.25) is 0 Å². The number of nitrogens with zero attached hydrogens (tertiary/aromatic N) is 1. The Morgan fingerprint density at radius 1 is 1.33 bits per heavy atom. The molecule has 1 N–H and O–H groups in total. The third-order valence-corrected chi connectivity index (χ3v) is 3.51. The number of rotatable bonds is 4. The van der Waals surface area contributed by atoms with E-state index in [4.69, 9.17) is 5.11 Å². The SMILES string of the molecule is CCN(CCO)C(=O)C1(C)CCCCC1. The van der Waals surface area contributed by atoms with Crippen molar-refractivity contribution in [1.82, 2.24) is 4.90 Å². The lowest BCUT2D eigenvalue weighted by molar-refractivity contribution is -0.143. The highest BCUT2D eigenvalue weighted by Crippen LogP contribution is 2.37. The van der Waals surface area contributed by atoms with E-state index in [0.29, 0.717) is 13.1 Å². The molecule has 1 rings (SSSR count). The third kappa shape index (κ3) is 2.94. The van der Waals surface area contributed by atoms with Crippen LogP contribution < -0.4 is 0 Å². The molecular weight excluding hydrogens is 190 g/mol. The maximum absolute atomic E-state index is 12.3. The maximum Gasteiger partial charge on any atom is 0.228 e. The number of aliphatic hydroxyl groups excluding tert-OH is 1. The van der Waals surface area contributed by atoms with Gasteiger partial charge < -0.3 is 10.0 Å². The lowest BCUT2D eigenvalue weighted by Crippen LogP contribution is -2.44. The fraction of sp³-hybridized carbons (Fsp3) is 0.917. The topological polar surface area (TPSA) is 40.5 Å². The fourth-order valence-corrected chi connectivity index (χ4v) is 2.45. The monoisotopic (exact) mass is 213 g/mol. The summed E-state index contributed by atoms with van der Waals surface area (Å²) >= 11 is 0. The minimum absolute atomic E-state index is 0.0651. The van der Waals surface area contributed by atoms with Gasteiger partial charge in [0.1, 0.15) is 0 Å². The van der Waals surface area contributed by atoms with E-state index in [1.165, 1.54) is 19.3 Å². The average Bonchev–Trinajstić information content (AvgIpc) is 2.26. The van der Waals surface area contributed by atoms with E-state index in [0.717, 1.165) is 12.8 Å². The van der Waals surface area contributed by atoms with Crippen LogP contribution in [-0.4, -0.2) is 35.6 Å². The number of likely N-dealkylation sites (N-methyl/N-ethyl adjacent to an activating group) is 1. The van der Waals surface area contributed by atoms with Gasteiger partial charge in [-0.05, 0) is 19.8 Å². The first-order valence-electron chi connectivity index (χ1n) is 6.04. The Bertz CT molecular complexity index is 210. The molecule has 1 saturated carbocycles. The zero-order chi connectivity index (χ0) is 11.3. The van der Waals surface area contributed by atoms with E-state index in [2.05, 4.69) is 6.92 Å². The summed E-state index contributed by atoms with van der Waals surface area (Å²) in [7, 11) is 0. The number of amides is 1. The molecule has 1 aliphatic carbocycles. The molecule has 0 radical (unpaired) electrons. The van der Waals surface area contributed by atoms with Crippen molar-refractivity contribution in [3.63, 3.8) is 0 Å². The molecule has 3 heteroatoms. The van der Waals surface area contributed by atoms with Crippen LogP contribution in [0.25, 0.3) is 0 Å². The van der Waals surface area contributed by atoms with Gasteiger partial charge in [0, 0.05) is 18.5 Å². The van der Waals surface area contributed by atoms with Crippen molar-refractivity contribution in [2.24, 2.45) is 5.41 Å². The van der Waals surface area contributed by atoms with Crippen LogP contribution in [0, 0.1) is 5.41 Å². The van der Waals surface area contributed by atoms with Crippen molar-refractivity contribution in [2.45, 2.75) is 46.0 Å². The molecule has 88 valence electrons. The predicted molar refractivity (Wildman–Crippen MR) is 60.5 cm³/mol. The van der Waals surface area contributed by atoms with E-state index in [-0.39, 0.29) is 17.9 Å². The third-order valence-electron chi connectivity index (χ3n) is 3.51. The molecule has 0 heterocycles. The van der Waals surface area contributed by atoms with E-state index in [1.54, 1.807) is 4.90 Å². The molecule has 0 spiro atoms. The van der Waals surface area contributed by atoms with Gasteiger partial charge in [-0.25, -0.2) is 0 Å². The maximum atomic E-state index is 12.3. The zero-order valence-corrected chi connectivity index (χ0v) is 9.96. The van der Waals surface area contributed by atoms with Gasteiger partial charge in [-0.15, -0.1) is 0 Å². The number of carbonyl (C=O) groups is 1. The van der Waals surface area contributed by atoms with Crippen molar-refractivity contribution in [2.75, 3.05) is 19.7 Å². The van der Waals surface area contributed by atoms with Crippen molar-refractivity contribution in [3.05, 3.63) is 0 Å². The summed E-state index contributed by atoms with van der Waals surface area (Å²) in [4.78, 5) is 14.0. The summed E-state index contributed by atoms with van der Waals surface area (Å²) in [5.41, 5.74) is -0.163. The molecule has 0 aliphatic heterocycles. The highest BCUT2D eigenvalue weighted by atomic mass is 16.3. The number of carbonyl (C=O) groups excluding carboxylic acids is 1. The van der Waals surface area contributed by atoms with Gasteiger partial charge >= 0.3 is 0 Å². The number of hydrogen-bond acceptors (Lipinski definition) is 2. The first-order valence-corrected chi connectivity index (χ1v) is 6.04. The zero-order valence-electron chi connectivity index (χ0n) is 9.96. The van der Waals surface area contributed by atoms with E-state index in [9.17, 15) is 4.79 Å². The van der Waals surface area contributed by atoms with Gasteiger partial charge in [-0.2, -0.15) is 0 Å². The summed E-state index contributed by atoms with van der Waals surface area (Å²) in [6, 6.07) is 0. The van der Waals surface area contributed by atoms with Crippen LogP contribution >= 0.6 is 0 Å². The Labute approximate surface area is 92.5 Å². The molecule has 15 heavy (non-hydrogen) atoms. The lowest BCUT2D eigenvalue weighted by Gasteiger charge is -2.36. The lowest BCUT2D eigenvalue weighted by atomic mass is 9.74. The van der Waals surface area contributed by atoms with Crippen LogP contribution in [0.15, 0.2) is 0 Å². The summed E-state index contributed by atoms with van der Waals surface area (Å²) in [6.45, 7) is 5.30. The number of hydrogen-bond donors (Lipinski definition) is 1. The normalized spacial score (nSPS) is 19.9. The van der Waals surface area contributed by atoms with Gasteiger partial charge in [-0.1, -0.05) is 26.2 Å².